The lowest BCUT2D eigenvalue weighted by Crippen LogP contribution is -2.44. The topological polar surface area (TPSA) is 57.7 Å². The quantitative estimate of drug-likeness (QED) is 0.752. The molecule has 0 aromatic carbocycles. The van der Waals surface area contributed by atoms with Crippen LogP contribution in [0.2, 0.25) is 0 Å². The lowest BCUT2D eigenvalue weighted by Gasteiger charge is -2.32. The number of hydrogen-bond acceptors (Lipinski definition) is 3. The molecule has 2 unspecified atom stereocenters. The van der Waals surface area contributed by atoms with E-state index in [4.69, 9.17) is 0 Å². The lowest BCUT2D eigenvalue weighted by molar-refractivity contribution is -0.144. The average Bonchev–Trinajstić information content (AvgIpc) is 2.78. The van der Waals surface area contributed by atoms with Gasteiger partial charge in [0.2, 0.25) is 17.7 Å². The number of nitrogens with zero attached hydrogens (tertiary/aromatic N) is 2. The van der Waals surface area contributed by atoms with E-state index in [1.54, 1.807) is 4.90 Å². The van der Waals surface area contributed by atoms with Crippen molar-refractivity contribution in [2.24, 2.45) is 11.8 Å². The van der Waals surface area contributed by atoms with Gasteiger partial charge in [0.1, 0.15) is 6.67 Å². The number of amides is 3. The molecular weight excluding hydrogens is 292 g/mol. The van der Waals surface area contributed by atoms with Crippen LogP contribution in [0, 0.1) is 11.8 Å². The van der Waals surface area contributed by atoms with Crippen LogP contribution in [0.25, 0.3) is 0 Å². The maximum absolute atomic E-state index is 12.6. The minimum absolute atomic E-state index is 0.0694. The Kier molecular flexibility index (Phi) is 4.55. The molecular formula is C18H26N2O3. The van der Waals surface area contributed by atoms with Gasteiger partial charge in [-0.15, -0.1) is 0 Å². The van der Waals surface area contributed by atoms with Gasteiger partial charge in [0.25, 0.3) is 0 Å². The van der Waals surface area contributed by atoms with E-state index in [0.29, 0.717) is 0 Å². The molecule has 3 rings (SSSR count). The number of likely N-dealkylation sites (tertiary alicyclic amines) is 1. The van der Waals surface area contributed by atoms with E-state index in [1.807, 2.05) is 0 Å². The van der Waals surface area contributed by atoms with Crippen molar-refractivity contribution in [2.75, 3.05) is 6.67 Å². The SMILES string of the molecule is CC(=O)N(CN1C(=O)C2CCCCC2C1=O)C1=C(C)CCCC1. The number of carbonyl (C=O) groups is 3. The van der Waals surface area contributed by atoms with Crippen molar-refractivity contribution >= 4 is 17.7 Å². The molecule has 0 N–H and O–H groups in total. The molecule has 0 aromatic rings. The summed E-state index contributed by atoms with van der Waals surface area (Å²) in [5.41, 5.74) is 2.22. The summed E-state index contributed by atoms with van der Waals surface area (Å²) in [4.78, 5) is 40.4. The van der Waals surface area contributed by atoms with Gasteiger partial charge in [0.15, 0.2) is 0 Å². The van der Waals surface area contributed by atoms with Crippen LogP contribution in [0.15, 0.2) is 11.3 Å². The van der Waals surface area contributed by atoms with Gasteiger partial charge < -0.3 is 0 Å². The minimum atomic E-state index is -0.147. The second-order valence-electron chi connectivity index (χ2n) is 7.12. The van der Waals surface area contributed by atoms with Crippen molar-refractivity contribution in [1.82, 2.24) is 9.80 Å². The predicted octanol–water partition coefficient (Wildman–Crippen LogP) is 2.82. The Balaban J connectivity index is 1.82. The van der Waals surface area contributed by atoms with Crippen molar-refractivity contribution < 1.29 is 14.4 Å². The summed E-state index contributed by atoms with van der Waals surface area (Å²) in [5.74, 6) is -0.519. The third-order valence-corrected chi connectivity index (χ3v) is 5.63. The van der Waals surface area contributed by atoms with Crippen molar-refractivity contribution in [3.8, 4) is 0 Å². The molecule has 1 aliphatic heterocycles. The third kappa shape index (κ3) is 2.93. The number of rotatable bonds is 3. The second-order valence-corrected chi connectivity index (χ2v) is 7.12. The monoisotopic (exact) mass is 318 g/mol. The fourth-order valence-electron chi connectivity index (χ4n) is 4.29. The van der Waals surface area contributed by atoms with Crippen LogP contribution < -0.4 is 0 Å². The number of imide groups is 1. The third-order valence-electron chi connectivity index (χ3n) is 5.63. The van der Waals surface area contributed by atoms with Gasteiger partial charge in [-0.2, -0.15) is 0 Å². The van der Waals surface area contributed by atoms with Crippen LogP contribution in [0.1, 0.15) is 65.2 Å². The van der Waals surface area contributed by atoms with Gasteiger partial charge in [0, 0.05) is 12.6 Å². The van der Waals surface area contributed by atoms with E-state index in [9.17, 15) is 14.4 Å². The van der Waals surface area contributed by atoms with Gasteiger partial charge in [-0.05, 0) is 45.4 Å². The zero-order chi connectivity index (χ0) is 16.6. The molecule has 126 valence electrons. The first-order chi connectivity index (χ1) is 11.0. The number of hydrogen-bond donors (Lipinski definition) is 0. The average molecular weight is 318 g/mol. The normalized spacial score (nSPS) is 28.2. The molecule has 2 aliphatic carbocycles. The molecule has 2 fully saturated rings. The Bertz CT molecular complexity index is 543. The number of fused-ring (bicyclic) bond motifs is 1. The maximum Gasteiger partial charge on any atom is 0.234 e. The molecule has 5 heteroatoms. The zero-order valence-electron chi connectivity index (χ0n) is 14.1. The minimum Gasteiger partial charge on any atom is -0.298 e. The summed E-state index contributed by atoms with van der Waals surface area (Å²) < 4.78 is 0. The van der Waals surface area contributed by atoms with Gasteiger partial charge in [0.05, 0.1) is 11.8 Å². The summed E-state index contributed by atoms with van der Waals surface area (Å²) in [6, 6.07) is 0. The Morgan fingerprint density at radius 3 is 2.13 bits per heavy atom. The fourth-order valence-corrected chi connectivity index (χ4v) is 4.29. The summed E-state index contributed by atoms with van der Waals surface area (Å²) >= 11 is 0. The van der Waals surface area contributed by atoms with Crippen molar-refractivity contribution in [3.05, 3.63) is 11.3 Å². The summed E-state index contributed by atoms with van der Waals surface area (Å²) in [5, 5.41) is 0. The molecule has 0 radical (unpaired) electrons. The summed E-state index contributed by atoms with van der Waals surface area (Å²) in [7, 11) is 0. The van der Waals surface area contributed by atoms with Gasteiger partial charge >= 0.3 is 0 Å². The van der Waals surface area contributed by atoms with E-state index < -0.39 is 0 Å². The molecule has 23 heavy (non-hydrogen) atoms. The largest absolute Gasteiger partial charge is 0.298 e. The van der Waals surface area contributed by atoms with Crippen molar-refractivity contribution in [3.63, 3.8) is 0 Å². The zero-order valence-corrected chi connectivity index (χ0v) is 14.1. The molecule has 3 aliphatic rings. The van der Waals surface area contributed by atoms with Crippen molar-refractivity contribution in [2.45, 2.75) is 65.2 Å². The van der Waals surface area contributed by atoms with E-state index in [-0.39, 0.29) is 36.2 Å². The Morgan fingerprint density at radius 2 is 1.61 bits per heavy atom. The summed E-state index contributed by atoms with van der Waals surface area (Å²) in [6.07, 6.45) is 7.72. The van der Waals surface area contributed by atoms with E-state index in [1.165, 1.54) is 17.4 Å². The first-order valence-corrected chi connectivity index (χ1v) is 8.82. The molecule has 5 nitrogen and oxygen atoms in total. The molecule has 0 bridgehead atoms. The molecule has 1 saturated carbocycles. The second kappa shape index (κ2) is 6.46. The number of carbonyl (C=O) groups excluding carboxylic acids is 3. The Morgan fingerprint density at radius 1 is 1.04 bits per heavy atom. The van der Waals surface area contributed by atoms with Gasteiger partial charge in [-0.3, -0.25) is 24.2 Å². The molecule has 3 amide bonds. The summed E-state index contributed by atoms with van der Waals surface area (Å²) in [6.45, 7) is 3.68. The van der Waals surface area contributed by atoms with Crippen LogP contribution in [-0.4, -0.2) is 34.2 Å². The van der Waals surface area contributed by atoms with E-state index in [0.717, 1.165) is 57.1 Å². The van der Waals surface area contributed by atoms with E-state index >= 15 is 0 Å². The van der Waals surface area contributed by atoms with Crippen LogP contribution >= 0.6 is 0 Å². The molecule has 0 aromatic heterocycles. The smallest absolute Gasteiger partial charge is 0.234 e. The van der Waals surface area contributed by atoms with Gasteiger partial charge in [-0.25, -0.2) is 0 Å². The maximum atomic E-state index is 12.6. The highest BCUT2D eigenvalue weighted by atomic mass is 16.2. The Hall–Kier alpha value is -1.65. The highest BCUT2D eigenvalue weighted by Crippen LogP contribution is 2.38. The van der Waals surface area contributed by atoms with Gasteiger partial charge in [-0.1, -0.05) is 18.4 Å². The fraction of sp³-hybridized carbons (Fsp3) is 0.722. The van der Waals surface area contributed by atoms with E-state index in [2.05, 4.69) is 6.92 Å². The first kappa shape index (κ1) is 16.2. The molecule has 0 spiro atoms. The lowest BCUT2D eigenvalue weighted by atomic mass is 9.81. The van der Waals surface area contributed by atoms with Crippen LogP contribution in [0.3, 0.4) is 0 Å². The van der Waals surface area contributed by atoms with Crippen LogP contribution in [0.5, 0.6) is 0 Å². The molecule has 2 atom stereocenters. The van der Waals surface area contributed by atoms with Crippen molar-refractivity contribution in [1.29, 1.82) is 0 Å². The number of allylic oxidation sites excluding steroid dienone is 2. The molecule has 1 saturated heterocycles. The first-order valence-electron chi connectivity index (χ1n) is 8.82. The van der Waals surface area contributed by atoms with Crippen LogP contribution in [-0.2, 0) is 14.4 Å². The highest BCUT2D eigenvalue weighted by molar-refractivity contribution is 6.05. The highest BCUT2D eigenvalue weighted by Gasteiger charge is 2.48. The standard InChI is InChI=1S/C18H26N2O3/c1-12-7-3-6-10-16(12)19(13(2)21)11-20-17(22)14-8-4-5-9-15(14)18(20)23/h14-15H,3-11H2,1-2H3. The molecule has 1 heterocycles. The Labute approximate surface area is 137 Å². The predicted molar refractivity (Wildman–Crippen MR) is 85.9 cm³/mol. The van der Waals surface area contributed by atoms with Crippen LogP contribution in [0.4, 0.5) is 0 Å².